The van der Waals surface area contributed by atoms with Gasteiger partial charge in [0.2, 0.25) is 0 Å². The highest BCUT2D eigenvalue weighted by molar-refractivity contribution is 6.30. The van der Waals surface area contributed by atoms with Gasteiger partial charge in [-0.2, -0.15) is 5.26 Å². The maximum Gasteiger partial charge on any atom is 0.358 e. The number of hydrogen-bond acceptors (Lipinski definition) is 4. The van der Waals surface area contributed by atoms with E-state index in [4.69, 9.17) is 21.6 Å². The number of pyridine rings is 1. The average molecular weight is 264 g/mol. The Morgan fingerprint density at radius 2 is 2.39 bits per heavy atom. The lowest BCUT2D eigenvalue weighted by molar-refractivity contribution is 0.0519. The van der Waals surface area contributed by atoms with Crippen LogP contribution in [-0.2, 0) is 11.2 Å². The maximum absolute atomic E-state index is 11.8. The van der Waals surface area contributed by atoms with Gasteiger partial charge in [0.05, 0.1) is 29.8 Å². The molecule has 0 spiro atoms. The number of hydrogen-bond donors (Lipinski definition) is 0. The first-order valence-electron chi connectivity index (χ1n) is 5.38. The van der Waals surface area contributed by atoms with Crippen LogP contribution in [0.25, 0.3) is 5.65 Å². The molecular weight excluding hydrogens is 254 g/mol. The van der Waals surface area contributed by atoms with E-state index in [2.05, 4.69) is 4.98 Å². The summed E-state index contributed by atoms with van der Waals surface area (Å²) in [6.07, 6.45) is 1.69. The normalized spacial score (nSPS) is 10.3. The second-order valence-electron chi connectivity index (χ2n) is 3.54. The average Bonchev–Trinajstić information content (AvgIpc) is 2.69. The second-order valence-corrected chi connectivity index (χ2v) is 3.97. The first kappa shape index (κ1) is 12.4. The van der Waals surface area contributed by atoms with Crippen LogP contribution in [0.1, 0.15) is 23.1 Å². The molecule has 0 aliphatic rings. The van der Waals surface area contributed by atoms with Crippen molar-refractivity contribution in [1.29, 1.82) is 5.26 Å². The molecule has 0 aromatic carbocycles. The fourth-order valence-electron chi connectivity index (χ4n) is 1.67. The Morgan fingerprint density at radius 3 is 3.06 bits per heavy atom. The number of nitriles is 1. The first-order valence-corrected chi connectivity index (χ1v) is 5.75. The van der Waals surface area contributed by atoms with Gasteiger partial charge in [-0.3, -0.25) is 0 Å². The van der Waals surface area contributed by atoms with Crippen molar-refractivity contribution in [2.24, 2.45) is 0 Å². The van der Waals surface area contributed by atoms with Gasteiger partial charge >= 0.3 is 5.97 Å². The smallest absolute Gasteiger partial charge is 0.358 e. The standard InChI is InChI=1S/C12H10ClN3O2/c1-2-18-12(17)11-9(5-6-14)16-7-8(13)3-4-10(16)15-11/h3-4,7H,2,5H2,1H3. The van der Waals surface area contributed by atoms with Crippen LogP contribution in [0.5, 0.6) is 0 Å². The first-order chi connectivity index (χ1) is 8.67. The van der Waals surface area contributed by atoms with E-state index in [1.54, 1.807) is 29.7 Å². The van der Waals surface area contributed by atoms with Crippen LogP contribution in [0.3, 0.4) is 0 Å². The molecule has 2 rings (SSSR count). The number of esters is 1. The largest absolute Gasteiger partial charge is 0.461 e. The summed E-state index contributed by atoms with van der Waals surface area (Å²) in [5.41, 5.74) is 1.22. The molecule has 2 aromatic rings. The van der Waals surface area contributed by atoms with E-state index in [1.165, 1.54) is 0 Å². The van der Waals surface area contributed by atoms with Gasteiger partial charge in [-0.05, 0) is 19.1 Å². The van der Waals surface area contributed by atoms with Gasteiger partial charge in [0, 0.05) is 6.20 Å². The zero-order valence-corrected chi connectivity index (χ0v) is 10.4. The number of halogens is 1. The Hall–Kier alpha value is -2.06. The van der Waals surface area contributed by atoms with E-state index in [0.29, 0.717) is 16.4 Å². The molecule has 0 bridgehead atoms. The Morgan fingerprint density at radius 1 is 1.61 bits per heavy atom. The number of rotatable bonds is 3. The lowest BCUT2D eigenvalue weighted by Crippen LogP contribution is -2.08. The van der Waals surface area contributed by atoms with Crippen LogP contribution in [0.4, 0.5) is 0 Å². The van der Waals surface area contributed by atoms with Crippen molar-refractivity contribution < 1.29 is 9.53 Å². The van der Waals surface area contributed by atoms with Crippen molar-refractivity contribution in [3.8, 4) is 6.07 Å². The zero-order valence-electron chi connectivity index (χ0n) is 9.68. The van der Waals surface area contributed by atoms with E-state index in [0.717, 1.165) is 0 Å². The minimum atomic E-state index is -0.525. The summed E-state index contributed by atoms with van der Waals surface area (Å²) in [5.74, 6) is -0.525. The molecule has 0 radical (unpaired) electrons. The molecule has 0 atom stereocenters. The quantitative estimate of drug-likeness (QED) is 0.797. The lowest BCUT2D eigenvalue weighted by Gasteiger charge is -2.01. The minimum absolute atomic E-state index is 0.0651. The monoisotopic (exact) mass is 263 g/mol. The zero-order chi connectivity index (χ0) is 13.1. The number of imidazole rings is 1. The molecule has 0 aliphatic heterocycles. The molecular formula is C12H10ClN3O2. The third-order valence-corrected chi connectivity index (χ3v) is 2.62. The molecule has 0 N–H and O–H groups in total. The van der Waals surface area contributed by atoms with Crippen molar-refractivity contribution in [3.63, 3.8) is 0 Å². The van der Waals surface area contributed by atoms with Gasteiger partial charge in [0.1, 0.15) is 5.65 Å². The SMILES string of the molecule is CCOC(=O)c1nc2ccc(Cl)cn2c1CC#N. The van der Waals surface area contributed by atoms with Crippen LogP contribution in [0, 0.1) is 11.3 Å². The van der Waals surface area contributed by atoms with Crippen LogP contribution < -0.4 is 0 Å². The number of carbonyl (C=O) groups excluding carboxylic acids is 1. The Bertz CT molecular complexity index is 643. The third-order valence-electron chi connectivity index (χ3n) is 2.40. The lowest BCUT2D eigenvalue weighted by atomic mass is 10.2. The second kappa shape index (κ2) is 5.07. The molecule has 6 heteroatoms. The number of aromatic nitrogens is 2. The molecule has 0 saturated heterocycles. The van der Waals surface area contributed by atoms with E-state index in [-0.39, 0.29) is 18.7 Å². The Balaban J connectivity index is 2.62. The number of nitrogens with zero attached hydrogens (tertiary/aromatic N) is 3. The molecule has 0 unspecified atom stereocenters. The molecule has 2 aromatic heterocycles. The summed E-state index contributed by atoms with van der Waals surface area (Å²) in [7, 11) is 0. The summed E-state index contributed by atoms with van der Waals surface area (Å²) in [5, 5.41) is 9.34. The molecule has 18 heavy (non-hydrogen) atoms. The van der Waals surface area contributed by atoms with Gasteiger partial charge in [0.15, 0.2) is 5.69 Å². The Labute approximate surface area is 109 Å². The summed E-state index contributed by atoms with van der Waals surface area (Å²) in [6, 6.07) is 5.37. The number of fused-ring (bicyclic) bond motifs is 1. The molecule has 5 nitrogen and oxygen atoms in total. The highest BCUT2D eigenvalue weighted by Gasteiger charge is 2.19. The number of carbonyl (C=O) groups is 1. The number of ether oxygens (including phenoxy) is 1. The van der Waals surface area contributed by atoms with E-state index in [9.17, 15) is 4.79 Å². The van der Waals surface area contributed by atoms with Crippen LogP contribution in [0.15, 0.2) is 18.3 Å². The fraction of sp³-hybridized carbons (Fsp3) is 0.250. The van der Waals surface area contributed by atoms with Crippen molar-refractivity contribution >= 4 is 23.2 Å². The summed E-state index contributed by atoms with van der Waals surface area (Å²) in [6.45, 7) is 1.98. The van der Waals surface area contributed by atoms with E-state index < -0.39 is 5.97 Å². The predicted octanol–water partition coefficient (Wildman–Crippen LogP) is 2.23. The van der Waals surface area contributed by atoms with Gasteiger partial charge in [-0.1, -0.05) is 11.6 Å². The van der Waals surface area contributed by atoms with Gasteiger partial charge < -0.3 is 9.14 Å². The van der Waals surface area contributed by atoms with Crippen LogP contribution in [-0.4, -0.2) is 22.0 Å². The van der Waals surface area contributed by atoms with Crippen molar-refractivity contribution in [2.45, 2.75) is 13.3 Å². The highest BCUT2D eigenvalue weighted by atomic mass is 35.5. The summed E-state index contributed by atoms with van der Waals surface area (Å²) < 4.78 is 6.55. The highest BCUT2D eigenvalue weighted by Crippen LogP contribution is 2.18. The van der Waals surface area contributed by atoms with Gasteiger partial charge in [-0.15, -0.1) is 0 Å². The van der Waals surface area contributed by atoms with Crippen LogP contribution in [0.2, 0.25) is 5.02 Å². The molecule has 0 aliphatic carbocycles. The van der Waals surface area contributed by atoms with Crippen molar-refractivity contribution in [2.75, 3.05) is 6.61 Å². The van der Waals surface area contributed by atoms with E-state index >= 15 is 0 Å². The predicted molar refractivity (Wildman–Crippen MR) is 65.5 cm³/mol. The fourth-order valence-corrected chi connectivity index (χ4v) is 1.83. The molecule has 0 amide bonds. The van der Waals surface area contributed by atoms with Gasteiger partial charge in [-0.25, -0.2) is 9.78 Å². The summed E-state index contributed by atoms with van der Waals surface area (Å²) in [4.78, 5) is 15.9. The molecule has 0 saturated carbocycles. The van der Waals surface area contributed by atoms with Crippen LogP contribution >= 0.6 is 11.6 Å². The van der Waals surface area contributed by atoms with Crippen molar-refractivity contribution in [3.05, 3.63) is 34.7 Å². The third kappa shape index (κ3) is 2.15. The molecule has 0 fully saturated rings. The topological polar surface area (TPSA) is 67.4 Å². The maximum atomic E-state index is 11.8. The minimum Gasteiger partial charge on any atom is -0.461 e. The van der Waals surface area contributed by atoms with Crippen molar-refractivity contribution in [1.82, 2.24) is 9.38 Å². The summed E-state index contributed by atoms with van der Waals surface area (Å²) >= 11 is 5.89. The Kier molecular flexibility index (Phi) is 3.49. The molecule has 2 heterocycles. The molecule has 92 valence electrons. The van der Waals surface area contributed by atoms with E-state index in [1.807, 2.05) is 6.07 Å². The van der Waals surface area contributed by atoms with Gasteiger partial charge in [0.25, 0.3) is 0 Å².